The van der Waals surface area contributed by atoms with E-state index in [9.17, 15) is 19.2 Å². The van der Waals surface area contributed by atoms with Crippen molar-refractivity contribution in [3.8, 4) is 0 Å². The molecule has 0 bridgehead atoms. The monoisotopic (exact) mass is 858 g/mol. The van der Waals surface area contributed by atoms with E-state index >= 15 is 0 Å². The summed E-state index contributed by atoms with van der Waals surface area (Å²) in [4.78, 5) is 46.5. The second-order valence-electron chi connectivity index (χ2n) is 6.80. The molecule has 0 aromatic heterocycles. The Kier molecular flexibility index (Phi) is 14.8. The average Bonchev–Trinajstić information content (AvgIpc) is 2.89. The number of benzene rings is 2. The first-order valence-corrected chi connectivity index (χ1v) is 20.7. The van der Waals surface area contributed by atoms with E-state index in [4.69, 9.17) is 19.5 Å². The number of carbonyl (C=O) groups excluding carboxylic acids is 4. The summed E-state index contributed by atoms with van der Waals surface area (Å²) in [7, 11) is 0. The van der Waals surface area contributed by atoms with Gasteiger partial charge < -0.3 is 0 Å². The molecule has 0 fully saturated rings. The van der Waals surface area contributed by atoms with Crippen molar-refractivity contribution in [2.45, 2.75) is 0 Å². The quantitative estimate of drug-likeness (QED) is 0.119. The second-order valence-corrected chi connectivity index (χ2v) is 17.6. The van der Waals surface area contributed by atoms with Gasteiger partial charge in [-0.05, 0) is 0 Å². The Morgan fingerprint density at radius 2 is 0.914 bits per heavy atom. The molecule has 0 unspecified atom stereocenters. The molecule has 176 valence electrons. The van der Waals surface area contributed by atoms with Crippen LogP contribution in [0.5, 0.6) is 0 Å². The molecule has 0 radical (unpaired) electrons. The molecule has 2 rings (SSSR count). The Hall–Kier alpha value is -2.37. The van der Waals surface area contributed by atoms with E-state index in [0.29, 0.717) is 0 Å². The average molecular weight is 856 g/mol. The summed E-state index contributed by atoms with van der Waals surface area (Å²) in [5, 5.41) is 0. The van der Waals surface area contributed by atoms with Crippen molar-refractivity contribution in [2.75, 3.05) is 26.4 Å². The Morgan fingerprint density at radius 1 is 0.543 bits per heavy atom. The third-order valence-corrected chi connectivity index (χ3v) is 13.7. The van der Waals surface area contributed by atoms with Crippen LogP contribution in [0.15, 0.2) is 85.0 Å². The molecule has 0 saturated heterocycles. The van der Waals surface area contributed by atoms with Gasteiger partial charge in [-0.2, -0.15) is 0 Å². The second kappa shape index (κ2) is 18.0. The molecule has 0 aliphatic heterocycles. The van der Waals surface area contributed by atoms with Crippen molar-refractivity contribution in [1.29, 1.82) is 0 Å². The molecule has 0 N–H and O–H groups in total. The normalized spacial score (nSPS) is 10.3. The first kappa shape index (κ1) is 28.9. The van der Waals surface area contributed by atoms with Crippen LogP contribution in [0.2, 0.25) is 0 Å². The first-order valence-electron chi connectivity index (χ1n) is 10.7. The number of carbonyl (C=O) groups is 4. The summed E-state index contributed by atoms with van der Waals surface area (Å²) in [6, 6.07) is 19.0. The molecule has 2 aromatic carbocycles. The molecule has 0 amide bonds. The summed E-state index contributed by atoms with van der Waals surface area (Å²) in [6.07, 6.45) is 4.09. The van der Waals surface area contributed by atoms with E-state index in [-0.39, 0.29) is 26.4 Å². The van der Waals surface area contributed by atoms with Gasteiger partial charge in [0.15, 0.2) is 0 Å². The van der Waals surface area contributed by atoms with Gasteiger partial charge in [-0.15, -0.1) is 0 Å². The fourth-order valence-corrected chi connectivity index (χ4v) is 9.19. The maximum absolute atomic E-state index is 11.6. The van der Waals surface area contributed by atoms with E-state index in [1.165, 1.54) is 0 Å². The Balaban J connectivity index is 1.46. The van der Waals surface area contributed by atoms with Crippen molar-refractivity contribution in [1.82, 2.24) is 0 Å². The van der Waals surface area contributed by atoms with Crippen molar-refractivity contribution in [2.24, 2.45) is 0 Å². The van der Waals surface area contributed by atoms with Crippen LogP contribution in [0.3, 0.4) is 0 Å². The molecule has 11 heteroatoms. The van der Waals surface area contributed by atoms with E-state index in [2.05, 4.69) is 0 Å². The van der Waals surface area contributed by atoms with Gasteiger partial charge in [0, 0.05) is 0 Å². The van der Waals surface area contributed by atoms with Crippen LogP contribution in [0, 0.1) is 0 Å². The molecule has 35 heavy (non-hydrogen) atoms. The minimum atomic E-state index is -1.97. The molecule has 2 aromatic rings. The van der Waals surface area contributed by atoms with Gasteiger partial charge in [0.25, 0.3) is 0 Å². The minimum absolute atomic E-state index is 0.0322. The third-order valence-electron chi connectivity index (χ3n) is 4.10. The van der Waals surface area contributed by atoms with Crippen molar-refractivity contribution in [3.63, 3.8) is 0 Å². The molecule has 0 aliphatic rings. The van der Waals surface area contributed by atoms with Crippen LogP contribution in [-0.4, -0.2) is 50.3 Å². The zero-order valence-corrected chi connectivity index (χ0v) is 30.0. The standard InChI is InChI=1S/C12H14O9.2C6H5.2Hg/c13-9(14)1-3-11(17)20-7-5-19-6-8-21-12(18)4-2-10(15)16;2*1-2-4-6-5-3-1;;/h1-4H,5-8H2,(H,13,14)(H,15,16);2*1-5H;;/q;;;2*+1/p-2/b3-1+,4-2+;;;;. The fourth-order valence-electron chi connectivity index (χ4n) is 2.43. The zero-order chi connectivity index (χ0) is 25.1. The van der Waals surface area contributed by atoms with Gasteiger partial charge in [-0.1, -0.05) is 0 Å². The van der Waals surface area contributed by atoms with E-state index in [0.717, 1.165) is 30.4 Å². The maximum atomic E-state index is 11.6. The Bertz CT molecular complexity index is 927. The zero-order valence-electron chi connectivity index (χ0n) is 19.0. The van der Waals surface area contributed by atoms with Gasteiger partial charge in [-0.25, -0.2) is 0 Å². The number of ether oxygens (including phenoxy) is 3. The molecule has 9 nitrogen and oxygen atoms in total. The number of hydrogen-bond acceptors (Lipinski definition) is 9. The summed E-state index contributed by atoms with van der Waals surface area (Å²) < 4.78 is 27.5. The van der Waals surface area contributed by atoms with Crippen LogP contribution in [0.1, 0.15) is 0 Å². The van der Waals surface area contributed by atoms with Gasteiger partial charge in [0.2, 0.25) is 0 Å². The Labute approximate surface area is 228 Å². The van der Waals surface area contributed by atoms with E-state index in [1.54, 1.807) is 0 Å². The molecule has 0 heterocycles. The predicted octanol–water partition coefficient (Wildman–Crippen LogP) is 0.934. The SMILES string of the molecule is O=C(/C=C/C(=O)[O][Hg][c]1ccccc1)OCCOCCOC(=O)/C=C/C(=O)[O][Hg][c]1ccccc1. The van der Waals surface area contributed by atoms with Gasteiger partial charge >= 0.3 is 230 Å². The fraction of sp³-hybridized carbons (Fsp3) is 0.167. The van der Waals surface area contributed by atoms with Gasteiger partial charge in [0.05, 0.1) is 0 Å². The summed E-state index contributed by atoms with van der Waals surface area (Å²) in [5.74, 6) is -2.51. The van der Waals surface area contributed by atoms with Crippen molar-refractivity contribution >= 4 is 30.0 Å². The molecule has 0 saturated carbocycles. The van der Waals surface area contributed by atoms with Crippen LogP contribution < -0.4 is 6.14 Å². The van der Waals surface area contributed by atoms with Crippen LogP contribution >= 0.6 is 0 Å². The molecule has 0 aliphatic carbocycles. The summed E-state index contributed by atoms with van der Waals surface area (Å²) in [6.45, 7) is 0.106. The van der Waals surface area contributed by atoms with Crippen LogP contribution in [0.4, 0.5) is 0 Å². The summed E-state index contributed by atoms with van der Waals surface area (Å²) >= 11 is -3.94. The first-order chi connectivity index (χ1) is 17.0. The van der Waals surface area contributed by atoms with Crippen molar-refractivity contribution < 1.29 is 88.7 Å². The summed E-state index contributed by atoms with van der Waals surface area (Å²) in [5.41, 5.74) is 0. The Morgan fingerprint density at radius 3 is 1.31 bits per heavy atom. The molecular formula is C24H22Hg2O9. The number of hydrogen-bond donors (Lipinski definition) is 0. The van der Waals surface area contributed by atoms with Crippen molar-refractivity contribution in [3.05, 3.63) is 85.0 Å². The van der Waals surface area contributed by atoms with Crippen LogP contribution in [0.25, 0.3) is 0 Å². The predicted molar refractivity (Wildman–Crippen MR) is 115 cm³/mol. The topological polar surface area (TPSA) is 114 Å². The van der Waals surface area contributed by atoms with E-state index < -0.39 is 73.9 Å². The third kappa shape index (κ3) is 14.6. The van der Waals surface area contributed by atoms with Crippen LogP contribution in [-0.2, 0) is 88.7 Å². The number of esters is 2. The van der Waals surface area contributed by atoms with Gasteiger partial charge in [-0.3, -0.25) is 0 Å². The molecule has 0 atom stereocenters. The molecule has 0 spiro atoms. The van der Waals surface area contributed by atoms with E-state index in [1.807, 2.05) is 60.7 Å². The molecular weight excluding hydrogens is 833 g/mol. The number of rotatable bonds is 14. The van der Waals surface area contributed by atoms with Gasteiger partial charge in [0.1, 0.15) is 0 Å².